The molecule has 2 aromatic carbocycles. The molecule has 0 spiro atoms. The van der Waals surface area contributed by atoms with E-state index in [9.17, 15) is 9.59 Å². The molecule has 0 saturated heterocycles. The van der Waals surface area contributed by atoms with Gasteiger partial charge >= 0.3 is 0 Å². The van der Waals surface area contributed by atoms with Crippen LogP contribution in [0.15, 0.2) is 48.5 Å². The molecule has 2 aromatic rings. The van der Waals surface area contributed by atoms with Gasteiger partial charge in [0.15, 0.2) is 5.60 Å². The van der Waals surface area contributed by atoms with E-state index in [1.54, 1.807) is 62.4 Å². The number of halogens is 1. The molecule has 0 bridgehead atoms. The van der Waals surface area contributed by atoms with Gasteiger partial charge in [-0.1, -0.05) is 23.7 Å². The van der Waals surface area contributed by atoms with E-state index in [0.29, 0.717) is 22.2 Å². The molecule has 2 rings (SSSR count). The summed E-state index contributed by atoms with van der Waals surface area (Å²) in [5.41, 5.74) is 4.62. The average Bonchev–Trinajstić information content (AvgIpc) is 2.63. The Morgan fingerprint density at radius 2 is 1.74 bits per heavy atom. The zero-order chi connectivity index (χ0) is 20.0. The second-order valence-electron chi connectivity index (χ2n) is 6.41. The van der Waals surface area contributed by atoms with E-state index in [4.69, 9.17) is 26.8 Å². The molecule has 7 heteroatoms. The van der Waals surface area contributed by atoms with Crippen LogP contribution in [-0.2, 0) is 9.59 Å². The van der Waals surface area contributed by atoms with Crippen LogP contribution in [0.5, 0.6) is 11.5 Å². The number of para-hydroxylation sites is 2. The average molecular weight is 391 g/mol. The molecular formula is C20H23ClN2O4. The van der Waals surface area contributed by atoms with Gasteiger partial charge in [-0.2, -0.15) is 0 Å². The first-order valence-electron chi connectivity index (χ1n) is 8.42. The molecular weight excluding hydrogens is 368 g/mol. The molecule has 0 fully saturated rings. The lowest BCUT2D eigenvalue weighted by atomic mass is 10.1. The van der Waals surface area contributed by atoms with E-state index in [1.165, 1.54) is 12.0 Å². The summed E-state index contributed by atoms with van der Waals surface area (Å²) in [6.07, 6.45) is 0.0147. The lowest BCUT2D eigenvalue weighted by Crippen LogP contribution is -2.50. The summed E-state index contributed by atoms with van der Waals surface area (Å²) in [5, 5.41) is 0.573. The number of methoxy groups -OCH3 is 1. The summed E-state index contributed by atoms with van der Waals surface area (Å²) in [6.45, 7) is 3.44. The molecule has 0 aliphatic heterocycles. The zero-order valence-electron chi connectivity index (χ0n) is 15.6. The first-order valence-corrected chi connectivity index (χ1v) is 8.80. The number of carbonyl (C=O) groups excluding carboxylic acids is 2. The van der Waals surface area contributed by atoms with Crippen LogP contribution in [0.3, 0.4) is 0 Å². The van der Waals surface area contributed by atoms with Crippen molar-refractivity contribution >= 4 is 29.1 Å². The van der Waals surface area contributed by atoms with Crippen molar-refractivity contribution in [3.05, 3.63) is 53.6 Å². The number of nitrogens with two attached hydrogens (primary N) is 1. The van der Waals surface area contributed by atoms with Gasteiger partial charge in [0.25, 0.3) is 5.91 Å². The van der Waals surface area contributed by atoms with Gasteiger partial charge in [0.05, 0.1) is 12.8 Å². The van der Waals surface area contributed by atoms with Gasteiger partial charge in [0, 0.05) is 18.0 Å². The van der Waals surface area contributed by atoms with Crippen molar-refractivity contribution in [1.82, 2.24) is 0 Å². The molecule has 0 atom stereocenters. The van der Waals surface area contributed by atoms with Crippen LogP contribution in [0.4, 0.5) is 5.69 Å². The first-order chi connectivity index (χ1) is 12.7. The van der Waals surface area contributed by atoms with Gasteiger partial charge in [0.2, 0.25) is 5.91 Å². The van der Waals surface area contributed by atoms with E-state index < -0.39 is 11.5 Å². The SMILES string of the molecule is COc1ccccc1N(CCC(N)=O)C(=O)C(C)(C)Oc1ccc(Cl)cc1. The standard InChI is InChI=1S/C20H23ClN2O4/c1-20(2,27-15-10-8-14(21)9-11-15)19(25)23(13-12-18(22)24)16-6-4-5-7-17(16)26-3/h4-11H,12-13H2,1-3H3,(H2,22,24). The molecule has 0 radical (unpaired) electrons. The highest BCUT2D eigenvalue weighted by atomic mass is 35.5. The highest BCUT2D eigenvalue weighted by Crippen LogP contribution is 2.31. The maximum Gasteiger partial charge on any atom is 0.270 e. The molecule has 0 heterocycles. The van der Waals surface area contributed by atoms with Gasteiger partial charge in [-0.3, -0.25) is 9.59 Å². The van der Waals surface area contributed by atoms with E-state index in [1.807, 2.05) is 0 Å². The predicted molar refractivity (Wildman–Crippen MR) is 105 cm³/mol. The minimum atomic E-state index is -1.20. The van der Waals surface area contributed by atoms with Gasteiger partial charge in [-0.25, -0.2) is 0 Å². The molecule has 2 amide bonds. The summed E-state index contributed by atoms with van der Waals surface area (Å²) in [4.78, 5) is 26.0. The fourth-order valence-electron chi connectivity index (χ4n) is 2.57. The lowest BCUT2D eigenvalue weighted by Gasteiger charge is -2.33. The van der Waals surface area contributed by atoms with Gasteiger partial charge in [-0.15, -0.1) is 0 Å². The van der Waals surface area contributed by atoms with Crippen LogP contribution < -0.4 is 20.1 Å². The molecule has 27 heavy (non-hydrogen) atoms. The molecule has 0 aromatic heterocycles. The summed E-state index contributed by atoms with van der Waals surface area (Å²) in [5.74, 6) is 0.188. The van der Waals surface area contributed by atoms with Crippen molar-refractivity contribution in [2.45, 2.75) is 25.9 Å². The molecule has 0 saturated carbocycles. The fourth-order valence-corrected chi connectivity index (χ4v) is 2.70. The number of rotatable bonds is 8. The third-order valence-electron chi connectivity index (χ3n) is 3.90. The van der Waals surface area contributed by atoms with Crippen molar-refractivity contribution in [2.75, 3.05) is 18.6 Å². The molecule has 0 unspecified atom stereocenters. The van der Waals surface area contributed by atoms with Crippen molar-refractivity contribution in [3.63, 3.8) is 0 Å². The summed E-state index contributed by atoms with van der Waals surface area (Å²) in [7, 11) is 1.52. The van der Waals surface area contributed by atoms with E-state index in [-0.39, 0.29) is 18.9 Å². The maximum atomic E-state index is 13.3. The number of amides is 2. The number of benzene rings is 2. The lowest BCUT2D eigenvalue weighted by molar-refractivity contribution is -0.131. The van der Waals surface area contributed by atoms with Crippen molar-refractivity contribution in [2.24, 2.45) is 5.73 Å². The Hall–Kier alpha value is -2.73. The van der Waals surface area contributed by atoms with Crippen LogP contribution in [0.1, 0.15) is 20.3 Å². The Kier molecular flexibility index (Phi) is 6.69. The van der Waals surface area contributed by atoms with Gasteiger partial charge in [-0.05, 0) is 50.2 Å². The van der Waals surface area contributed by atoms with Gasteiger partial charge < -0.3 is 20.1 Å². The van der Waals surface area contributed by atoms with Crippen LogP contribution in [-0.4, -0.2) is 31.1 Å². The Balaban J connectivity index is 2.33. The first kappa shape index (κ1) is 20.6. The van der Waals surface area contributed by atoms with Crippen LogP contribution in [0.25, 0.3) is 0 Å². The van der Waals surface area contributed by atoms with Crippen molar-refractivity contribution < 1.29 is 19.1 Å². The van der Waals surface area contributed by atoms with Crippen molar-refractivity contribution in [3.8, 4) is 11.5 Å². The number of anilines is 1. The minimum Gasteiger partial charge on any atom is -0.495 e. The predicted octanol–water partition coefficient (Wildman–Crippen LogP) is 3.41. The Morgan fingerprint density at radius 1 is 1.11 bits per heavy atom. The Bertz CT molecular complexity index is 806. The number of ether oxygens (including phenoxy) is 2. The summed E-state index contributed by atoms with van der Waals surface area (Å²) < 4.78 is 11.3. The Morgan fingerprint density at radius 3 is 2.33 bits per heavy atom. The second-order valence-corrected chi connectivity index (χ2v) is 6.85. The highest BCUT2D eigenvalue weighted by Gasteiger charge is 2.36. The minimum absolute atomic E-state index is 0.0147. The third kappa shape index (κ3) is 5.37. The van der Waals surface area contributed by atoms with E-state index >= 15 is 0 Å². The molecule has 0 aliphatic carbocycles. The van der Waals surface area contributed by atoms with Gasteiger partial charge in [0.1, 0.15) is 11.5 Å². The van der Waals surface area contributed by atoms with Crippen molar-refractivity contribution in [1.29, 1.82) is 0 Å². The van der Waals surface area contributed by atoms with Crippen LogP contribution in [0, 0.1) is 0 Å². The number of carbonyl (C=O) groups is 2. The largest absolute Gasteiger partial charge is 0.495 e. The summed E-state index contributed by atoms with van der Waals surface area (Å²) >= 11 is 5.89. The highest BCUT2D eigenvalue weighted by molar-refractivity contribution is 6.30. The Labute approximate surface area is 163 Å². The number of hydrogen-bond donors (Lipinski definition) is 1. The van der Waals surface area contributed by atoms with E-state index in [2.05, 4.69) is 0 Å². The topological polar surface area (TPSA) is 81.9 Å². The quantitative estimate of drug-likeness (QED) is 0.748. The number of nitrogens with zero attached hydrogens (tertiary/aromatic N) is 1. The summed E-state index contributed by atoms with van der Waals surface area (Å²) in [6, 6.07) is 13.8. The molecule has 144 valence electrons. The number of hydrogen-bond acceptors (Lipinski definition) is 4. The fraction of sp³-hybridized carbons (Fsp3) is 0.300. The molecule has 0 aliphatic rings. The zero-order valence-corrected chi connectivity index (χ0v) is 16.3. The van der Waals surface area contributed by atoms with Crippen LogP contribution in [0.2, 0.25) is 5.02 Å². The maximum absolute atomic E-state index is 13.3. The van der Waals surface area contributed by atoms with E-state index in [0.717, 1.165) is 0 Å². The second kappa shape index (κ2) is 8.77. The molecule has 6 nitrogen and oxygen atoms in total. The van der Waals surface area contributed by atoms with Crippen LogP contribution >= 0.6 is 11.6 Å². The third-order valence-corrected chi connectivity index (χ3v) is 4.16. The monoisotopic (exact) mass is 390 g/mol. The molecule has 2 N–H and O–H groups in total. The smallest absolute Gasteiger partial charge is 0.270 e. The normalized spacial score (nSPS) is 11.0. The number of primary amides is 1.